The van der Waals surface area contributed by atoms with E-state index in [1.807, 2.05) is 37.3 Å². The van der Waals surface area contributed by atoms with Crippen LogP contribution in [0, 0.1) is 6.92 Å². The molecule has 112 valence electrons. The molecule has 0 saturated heterocycles. The minimum absolute atomic E-state index is 0.0467. The van der Waals surface area contributed by atoms with Crippen molar-refractivity contribution >= 4 is 27.5 Å². The number of alkyl halides is 1. The van der Waals surface area contributed by atoms with E-state index >= 15 is 0 Å². The summed E-state index contributed by atoms with van der Waals surface area (Å²) in [7, 11) is 0. The molecule has 0 N–H and O–H groups in total. The van der Waals surface area contributed by atoms with E-state index < -0.39 is 0 Å². The molecule has 0 atom stereocenters. The zero-order valence-corrected chi connectivity index (χ0v) is 15.0. The van der Waals surface area contributed by atoms with Crippen molar-refractivity contribution in [3.63, 3.8) is 0 Å². The molecule has 0 aliphatic heterocycles. The number of aromatic nitrogens is 1. The first-order chi connectivity index (χ1) is 9.79. The number of rotatable bonds is 3. The van der Waals surface area contributed by atoms with Gasteiger partial charge in [0.05, 0.1) is 5.69 Å². The second kappa shape index (κ2) is 6.37. The van der Waals surface area contributed by atoms with Crippen LogP contribution in [-0.4, -0.2) is 4.98 Å². The molecule has 0 aliphatic carbocycles. The highest BCUT2D eigenvalue weighted by Crippen LogP contribution is 2.30. The maximum Gasteiger partial charge on any atom is 0.219 e. The van der Waals surface area contributed by atoms with Crippen LogP contribution < -0.4 is 4.74 Å². The number of hydrogen-bond acceptors (Lipinski definition) is 2. The van der Waals surface area contributed by atoms with Crippen LogP contribution in [0.5, 0.6) is 11.6 Å². The predicted octanol–water partition coefficient (Wildman–Crippen LogP) is 5.98. The molecule has 21 heavy (non-hydrogen) atoms. The van der Waals surface area contributed by atoms with Crippen molar-refractivity contribution in [2.75, 3.05) is 0 Å². The minimum atomic E-state index is -0.0467. The molecule has 0 spiro atoms. The third-order valence-electron chi connectivity index (χ3n) is 3.14. The standard InChI is InChI=1S/C17H19BrClNO/c1-11-7-13(18)5-6-14(11)21-16-9-12(10-19)8-15(20-16)17(2,3)4/h5-9H,10H2,1-4H3. The number of pyridine rings is 1. The van der Waals surface area contributed by atoms with Gasteiger partial charge in [-0.3, -0.25) is 0 Å². The monoisotopic (exact) mass is 367 g/mol. The smallest absolute Gasteiger partial charge is 0.219 e. The van der Waals surface area contributed by atoms with Crippen molar-refractivity contribution in [1.82, 2.24) is 4.98 Å². The molecule has 2 nitrogen and oxygen atoms in total. The minimum Gasteiger partial charge on any atom is -0.439 e. The lowest BCUT2D eigenvalue weighted by Gasteiger charge is -2.20. The van der Waals surface area contributed by atoms with Crippen LogP contribution in [0.3, 0.4) is 0 Å². The van der Waals surface area contributed by atoms with Gasteiger partial charge in [0.1, 0.15) is 5.75 Å². The van der Waals surface area contributed by atoms with Gasteiger partial charge < -0.3 is 4.74 Å². The van der Waals surface area contributed by atoms with Crippen LogP contribution in [0.25, 0.3) is 0 Å². The lowest BCUT2D eigenvalue weighted by Crippen LogP contribution is -2.14. The van der Waals surface area contributed by atoms with E-state index in [4.69, 9.17) is 16.3 Å². The quantitative estimate of drug-likeness (QED) is 0.622. The third-order valence-corrected chi connectivity index (χ3v) is 3.94. The molecule has 2 rings (SSSR count). The van der Waals surface area contributed by atoms with Gasteiger partial charge in [-0.25, -0.2) is 4.98 Å². The molecule has 0 unspecified atom stereocenters. The average Bonchev–Trinajstić information content (AvgIpc) is 2.40. The Morgan fingerprint density at radius 2 is 1.90 bits per heavy atom. The summed E-state index contributed by atoms with van der Waals surface area (Å²) >= 11 is 9.44. The molecule has 1 aromatic heterocycles. The van der Waals surface area contributed by atoms with Crippen molar-refractivity contribution < 1.29 is 4.74 Å². The molecule has 0 amide bonds. The molecule has 0 bridgehead atoms. The fourth-order valence-electron chi connectivity index (χ4n) is 1.91. The molecule has 2 aromatic rings. The SMILES string of the molecule is Cc1cc(Br)ccc1Oc1cc(CCl)cc(C(C)(C)C)n1. The Labute approximate surface area is 139 Å². The van der Waals surface area contributed by atoms with E-state index in [0.29, 0.717) is 11.8 Å². The molecule has 0 saturated carbocycles. The Bertz CT molecular complexity index is 650. The number of halogens is 2. The van der Waals surface area contributed by atoms with Gasteiger partial charge >= 0.3 is 0 Å². The van der Waals surface area contributed by atoms with E-state index in [-0.39, 0.29) is 5.41 Å². The summed E-state index contributed by atoms with van der Waals surface area (Å²) in [6.07, 6.45) is 0. The van der Waals surface area contributed by atoms with Crippen molar-refractivity contribution in [3.8, 4) is 11.6 Å². The average molecular weight is 369 g/mol. The largest absolute Gasteiger partial charge is 0.439 e. The van der Waals surface area contributed by atoms with Crippen LogP contribution in [0.2, 0.25) is 0 Å². The summed E-state index contributed by atoms with van der Waals surface area (Å²) in [5, 5.41) is 0. The molecular weight excluding hydrogens is 350 g/mol. The van der Waals surface area contributed by atoms with Crippen molar-refractivity contribution in [2.45, 2.75) is 39.0 Å². The summed E-state index contributed by atoms with van der Waals surface area (Å²) < 4.78 is 6.98. The van der Waals surface area contributed by atoms with Gasteiger partial charge in [0.2, 0.25) is 5.88 Å². The summed E-state index contributed by atoms with van der Waals surface area (Å²) in [4.78, 5) is 4.62. The first-order valence-electron chi connectivity index (χ1n) is 6.81. The van der Waals surface area contributed by atoms with E-state index in [9.17, 15) is 0 Å². The molecule has 0 radical (unpaired) electrons. The van der Waals surface area contributed by atoms with Gasteiger partial charge in [0.25, 0.3) is 0 Å². The Balaban J connectivity index is 2.39. The summed E-state index contributed by atoms with van der Waals surface area (Å²) in [6, 6.07) is 9.84. The number of nitrogens with zero attached hydrogens (tertiary/aromatic N) is 1. The Kier molecular flexibility index (Phi) is 4.95. The Morgan fingerprint density at radius 3 is 2.48 bits per heavy atom. The zero-order valence-electron chi connectivity index (χ0n) is 12.7. The normalized spacial score (nSPS) is 11.5. The van der Waals surface area contributed by atoms with Gasteiger partial charge in [-0.15, -0.1) is 11.6 Å². The summed E-state index contributed by atoms with van der Waals surface area (Å²) in [6.45, 7) is 8.39. The highest BCUT2D eigenvalue weighted by atomic mass is 79.9. The highest BCUT2D eigenvalue weighted by molar-refractivity contribution is 9.10. The van der Waals surface area contributed by atoms with Crippen LogP contribution in [0.15, 0.2) is 34.8 Å². The number of hydrogen-bond donors (Lipinski definition) is 0. The fraction of sp³-hybridized carbons (Fsp3) is 0.353. The second-order valence-electron chi connectivity index (χ2n) is 6.09. The molecule has 0 fully saturated rings. The van der Waals surface area contributed by atoms with Gasteiger partial charge in [0, 0.05) is 21.8 Å². The second-order valence-corrected chi connectivity index (χ2v) is 7.28. The topological polar surface area (TPSA) is 22.1 Å². The highest BCUT2D eigenvalue weighted by Gasteiger charge is 2.18. The Hall–Kier alpha value is -1.06. The molecule has 1 aromatic carbocycles. The molecule has 4 heteroatoms. The van der Waals surface area contributed by atoms with Gasteiger partial charge in [-0.2, -0.15) is 0 Å². The Morgan fingerprint density at radius 1 is 1.19 bits per heavy atom. The maximum atomic E-state index is 5.99. The lowest BCUT2D eigenvalue weighted by molar-refractivity contribution is 0.448. The lowest BCUT2D eigenvalue weighted by atomic mass is 9.91. The number of benzene rings is 1. The zero-order chi connectivity index (χ0) is 15.6. The molecule has 1 heterocycles. The first-order valence-corrected chi connectivity index (χ1v) is 8.14. The fourth-order valence-corrected chi connectivity index (χ4v) is 2.54. The van der Waals surface area contributed by atoms with E-state index in [1.165, 1.54) is 0 Å². The van der Waals surface area contributed by atoms with E-state index in [2.05, 4.69) is 41.7 Å². The van der Waals surface area contributed by atoms with Gasteiger partial charge in [0.15, 0.2) is 0 Å². The van der Waals surface area contributed by atoms with Crippen molar-refractivity contribution in [3.05, 3.63) is 51.6 Å². The van der Waals surface area contributed by atoms with Crippen LogP contribution in [-0.2, 0) is 11.3 Å². The number of ether oxygens (including phenoxy) is 1. The summed E-state index contributed by atoms with van der Waals surface area (Å²) in [5.41, 5.74) is 3.00. The van der Waals surface area contributed by atoms with E-state index in [1.54, 1.807) is 0 Å². The van der Waals surface area contributed by atoms with Crippen LogP contribution in [0.1, 0.15) is 37.6 Å². The first kappa shape index (κ1) is 16.3. The van der Waals surface area contributed by atoms with Crippen LogP contribution in [0.4, 0.5) is 0 Å². The van der Waals surface area contributed by atoms with Gasteiger partial charge in [-0.1, -0.05) is 36.7 Å². The molecule has 0 aliphatic rings. The van der Waals surface area contributed by atoms with E-state index in [0.717, 1.165) is 27.0 Å². The van der Waals surface area contributed by atoms with Gasteiger partial charge in [-0.05, 0) is 42.3 Å². The predicted molar refractivity (Wildman–Crippen MR) is 91.4 cm³/mol. The van der Waals surface area contributed by atoms with Crippen molar-refractivity contribution in [2.24, 2.45) is 0 Å². The maximum absolute atomic E-state index is 5.99. The number of aryl methyl sites for hydroxylation is 1. The molecular formula is C17H19BrClNO. The summed E-state index contributed by atoms with van der Waals surface area (Å²) in [5.74, 6) is 1.84. The van der Waals surface area contributed by atoms with Crippen LogP contribution >= 0.6 is 27.5 Å². The third kappa shape index (κ3) is 4.21. The van der Waals surface area contributed by atoms with Crippen molar-refractivity contribution in [1.29, 1.82) is 0 Å².